The number of carbonyl (C=O) groups excluding carboxylic acids is 1. The number of piperidine rings is 1. The standard InChI is InChI=1S/C16H24N4O2/c1-12-11-22-13(2)9-20(12)16(21)14-4-3-7-19(10-14)15-8-17-5-6-18-15/h5-6,8,12-14H,3-4,7,9-11H2,1-2H3/t12-,13+,14-/m0/s1. The maximum absolute atomic E-state index is 12.9. The molecule has 22 heavy (non-hydrogen) atoms. The Balaban J connectivity index is 1.67. The van der Waals surface area contributed by atoms with Crippen molar-refractivity contribution in [2.45, 2.75) is 38.8 Å². The summed E-state index contributed by atoms with van der Waals surface area (Å²) in [5.41, 5.74) is 0. The van der Waals surface area contributed by atoms with Gasteiger partial charge in [0.15, 0.2) is 0 Å². The van der Waals surface area contributed by atoms with E-state index in [0.717, 1.165) is 31.7 Å². The van der Waals surface area contributed by atoms with Crippen LogP contribution >= 0.6 is 0 Å². The number of morpholine rings is 1. The van der Waals surface area contributed by atoms with Gasteiger partial charge >= 0.3 is 0 Å². The minimum atomic E-state index is 0.0449. The van der Waals surface area contributed by atoms with Crippen molar-refractivity contribution in [3.05, 3.63) is 18.6 Å². The molecular weight excluding hydrogens is 280 g/mol. The van der Waals surface area contributed by atoms with E-state index in [2.05, 4.69) is 21.8 Å². The lowest BCUT2D eigenvalue weighted by molar-refractivity contribution is -0.147. The molecule has 2 aliphatic heterocycles. The van der Waals surface area contributed by atoms with Crippen LogP contribution in [0.5, 0.6) is 0 Å². The second-order valence-corrected chi connectivity index (χ2v) is 6.33. The van der Waals surface area contributed by atoms with E-state index in [9.17, 15) is 4.79 Å². The normalized spacial score (nSPS) is 29.5. The molecule has 2 saturated heterocycles. The van der Waals surface area contributed by atoms with Crippen LogP contribution in [0.2, 0.25) is 0 Å². The zero-order chi connectivity index (χ0) is 15.5. The highest BCUT2D eigenvalue weighted by Gasteiger charge is 2.34. The predicted octanol–water partition coefficient (Wildman–Crippen LogP) is 1.33. The van der Waals surface area contributed by atoms with Gasteiger partial charge in [0.05, 0.1) is 30.9 Å². The molecule has 0 unspecified atom stereocenters. The monoisotopic (exact) mass is 304 g/mol. The summed E-state index contributed by atoms with van der Waals surface area (Å²) in [4.78, 5) is 25.5. The van der Waals surface area contributed by atoms with Crippen molar-refractivity contribution < 1.29 is 9.53 Å². The maximum Gasteiger partial charge on any atom is 0.227 e. The molecule has 0 bridgehead atoms. The molecule has 1 amide bonds. The van der Waals surface area contributed by atoms with Crippen LogP contribution in [0.4, 0.5) is 5.82 Å². The van der Waals surface area contributed by atoms with Gasteiger partial charge in [0.25, 0.3) is 0 Å². The third-order valence-electron chi connectivity index (χ3n) is 4.54. The van der Waals surface area contributed by atoms with Crippen LogP contribution in [0, 0.1) is 5.92 Å². The number of carbonyl (C=O) groups is 1. The van der Waals surface area contributed by atoms with Crippen LogP contribution in [-0.2, 0) is 9.53 Å². The van der Waals surface area contributed by atoms with Gasteiger partial charge in [-0.15, -0.1) is 0 Å². The largest absolute Gasteiger partial charge is 0.375 e. The van der Waals surface area contributed by atoms with Gasteiger partial charge in [0, 0.05) is 32.0 Å². The molecule has 2 aliphatic rings. The molecule has 1 aromatic heterocycles. The summed E-state index contributed by atoms with van der Waals surface area (Å²) in [5.74, 6) is 1.17. The molecule has 2 fully saturated rings. The summed E-state index contributed by atoms with van der Waals surface area (Å²) in [6.07, 6.45) is 7.24. The molecule has 0 aromatic carbocycles. The number of aromatic nitrogens is 2. The molecule has 1 aromatic rings. The number of rotatable bonds is 2. The van der Waals surface area contributed by atoms with E-state index in [1.165, 1.54) is 0 Å². The number of ether oxygens (including phenoxy) is 1. The lowest BCUT2D eigenvalue weighted by Gasteiger charge is -2.41. The zero-order valence-electron chi connectivity index (χ0n) is 13.3. The minimum Gasteiger partial charge on any atom is -0.375 e. The Morgan fingerprint density at radius 2 is 2.18 bits per heavy atom. The van der Waals surface area contributed by atoms with Crippen molar-refractivity contribution in [2.75, 3.05) is 31.1 Å². The third-order valence-corrected chi connectivity index (χ3v) is 4.54. The maximum atomic E-state index is 12.9. The second kappa shape index (κ2) is 6.60. The zero-order valence-corrected chi connectivity index (χ0v) is 13.3. The van der Waals surface area contributed by atoms with Crippen molar-refractivity contribution in [3.63, 3.8) is 0 Å². The van der Waals surface area contributed by atoms with E-state index in [1.54, 1.807) is 18.6 Å². The summed E-state index contributed by atoms with van der Waals surface area (Å²) in [6, 6.07) is 0.163. The first-order valence-electron chi connectivity index (χ1n) is 8.08. The number of nitrogens with zero attached hydrogens (tertiary/aromatic N) is 4. The van der Waals surface area contributed by atoms with Crippen molar-refractivity contribution in [1.29, 1.82) is 0 Å². The molecule has 6 heteroatoms. The quantitative estimate of drug-likeness (QED) is 0.825. The van der Waals surface area contributed by atoms with Gasteiger partial charge in [0.1, 0.15) is 5.82 Å². The topological polar surface area (TPSA) is 58.6 Å². The SMILES string of the molecule is C[C@@H]1CN(C(=O)[C@H]2CCCN(c3cnccn3)C2)[C@@H](C)CO1. The molecular formula is C16H24N4O2. The second-order valence-electron chi connectivity index (χ2n) is 6.33. The smallest absolute Gasteiger partial charge is 0.227 e. The molecule has 0 saturated carbocycles. The first kappa shape index (κ1) is 15.2. The fourth-order valence-corrected chi connectivity index (χ4v) is 3.29. The minimum absolute atomic E-state index is 0.0449. The Hall–Kier alpha value is -1.69. The molecule has 6 nitrogen and oxygen atoms in total. The summed E-state index contributed by atoms with van der Waals surface area (Å²) in [7, 11) is 0. The van der Waals surface area contributed by atoms with Crippen LogP contribution in [0.25, 0.3) is 0 Å². The first-order chi connectivity index (χ1) is 10.6. The number of hydrogen-bond acceptors (Lipinski definition) is 5. The van der Waals surface area contributed by atoms with E-state index >= 15 is 0 Å². The van der Waals surface area contributed by atoms with Crippen LogP contribution in [0.3, 0.4) is 0 Å². The Bertz CT molecular complexity index is 510. The lowest BCUT2D eigenvalue weighted by Crippen LogP contribution is -2.54. The average molecular weight is 304 g/mol. The highest BCUT2D eigenvalue weighted by atomic mass is 16.5. The molecule has 3 atom stereocenters. The first-order valence-corrected chi connectivity index (χ1v) is 8.08. The van der Waals surface area contributed by atoms with Crippen LogP contribution in [0.15, 0.2) is 18.6 Å². The third kappa shape index (κ3) is 3.21. The molecule has 3 rings (SSSR count). The Labute approximate surface area is 131 Å². The summed E-state index contributed by atoms with van der Waals surface area (Å²) < 4.78 is 5.63. The number of amides is 1. The van der Waals surface area contributed by atoms with Gasteiger partial charge < -0.3 is 14.5 Å². The number of hydrogen-bond donors (Lipinski definition) is 0. The van der Waals surface area contributed by atoms with Crippen LogP contribution < -0.4 is 4.90 Å². The van der Waals surface area contributed by atoms with Gasteiger partial charge in [-0.2, -0.15) is 0 Å². The molecule has 0 spiro atoms. The molecule has 0 aliphatic carbocycles. The fraction of sp³-hybridized carbons (Fsp3) is 0.688. The predicted molar refractivity (Wildman–Crippen MR) is 83.6 cm³/mol. The van der Waals surface area contributed by atoms with Crippen LogP contribution in [0.1, 0.15) is 26.7 Å². The van der Waals surface area contributed by atoms with Crippen molar-refractivity contribution in [1.82, 2.24) is 14.9 Å². The van der Waals surface area contributed by atoms with Crippen molar-refractivity contribution in [2.24, 2.45) is 5.92 Å². The van der Waals surface area contributed by atoms with E-state index < -0.39 is 0 Å². The average Bonchev–Trinajstić information content (AvgIpc) is 2.57. The van der Waals surface area contributed by atoms with Gasteiger partial charge in [-0.3, -0.25) is 9.78 Å². The van der Waals surface area contributed by atoms with Gasteiger partial charge in [-0.25, -0.2) is 4.98 Å². The van der Waals surface area contributed by atoms with Crippen LogP contribution in [-0.4, -0.2) is 59.2 Å². The summed E-state index contributed by atoms with van der Waals surface area (Å²) in [5, 5.41) is 0. The Morgan fingerprint density at radius 3 is 2.95 bits per heavy atom. The van der Waals surface area contributed by atoms with E-state index in [1.807, 2.05) is 11.8 Å². The summed E-state index contributed by atoms with van der Waals surface area (Å²) in [6.45, 7) is 7.09. The number of anilines is 1. The Kier molecular flexibility index (Phi) is 4.57. The van der Waals surface area contributed by atoms with E-state index in [-0.39, 0.29) is 24.0 Å². The molecule has 0 radical (unpaired) electrons. The van der Waals surface area contributed by atoms with Gasteiger partial charge in [-0.05, 0) is 26.7 Å². The van der Waals surface area contributed by atoms with Crippen molar-refractivity contribution >= 4 is 11.7 Å². The Morgan fingerprint density at radius 1 is 1.32 bits per heavy atom. The highest BCUT2D eigenvalue weighted by Crippen LogP contribution is 2.24. The summed E-state index contributed by atoms with van der Waals surface area (Å²) >= 11 is 0. The highest BCUT2D eigenvalue weighted by molar-refractivity contribution is 5.80. The van der Waals surface area contributed by atoms with Gasteiger partial charge in [-0.1, -0.05) is 0 Å². The fourth-order valence-electron chi connectivity index (χ4n) is 3.29. The lowest BCUT2D eigenvalue weighted by atomic mass is 9.95. The van der Waals surface area contributed by atoms with Crippen molar-refractivity contribution in [3.8, 4) is 0 Å². The molecule has 3 heterocycles. The molecule has 120 valence electrons. The van der Waals surface area contributed by atoms with Gasteiger partial charge in [0.2, 0.25) is 5.91 Å². The molecule has 0 N–H and O–H groups in total. The van der Waals surface area contributed by atoms with E-state index in [0.29, 0.717) is 13.2 Å². The van der Waals surface area contributed by atoms with E-state index in [4.69, 9.17) is 4.74 Å².